The molecule has 10 heteroatoms. The van der Waals surface area contributed by atoms with Crippen LogP contribution in [0.25, 0.3) is 0 Å². The van der Waals surface area contributed by atoms with Gasteiger partial charge < -0.3 is 24.8 Å². The lowest BCUT2D eigenvalue weighted by Crippen LogP contribution is -2.20. The van der Waals surface area contributed by atoms with Crippen molar-refractivity contribution in [1.82, 2.24) is 0 Å². The highest BCUT2D eigenvalue weighted by atomic mass is 32.1. The van der Waals surface area contributed by atoms with E-state index < -0.39 is 17.9 Å². The van der Waals surface area contributed by atoms with E-state index in [2.05, 4.69) is 10.6 Å². The number of thiocarbonyl (C=S) groups is 1. The maximum atomic E-state index is 12.4. The summed E-state index contributed by atoms with van der Waals surface area (Å²) in [5, 5.41) is 6.40. The lowest BCUT2D eigenvalue weighted by molar-refractivity contribution is 0.0526. The molecule has 0 saturated carbocycles. The van der Waals surface area contributed by atoms with Crippen molar-refractivity contribution in [3.8, 4) is 0 Å². The Morgan fingerprint density at radius 3 is 2.33 bits per heavy atom. The van der Waals surface area contributed by atoms with Crippen LogP contribution in [0.15, 0.2) is 24.3 Å². The molecule has 0 unspecified atom stereocenters. The fourth-order valence-electron chi connectivity index (χ4n) is 2.55. The molecule has 30 heavy (non-hydrogen) atoms. The molecule has 0 bridgehead atoms. The van der Waals surface area contributed by atoms with Gasteiger partial charge in [0.15, 0.2) is 5.11 Å². The summed E-state index contributed by atoms with van der Waals surface area (Å²) in [6.07, 6.45) is 0. The average molecular weight is 451 g/mol. The molecule has 8 nitrogen and oxygen atoms in total. The van der Waals surface area contributed by atoms with Crippen LogP contribution in [-0.2, 0) is 14.2 Å². The number of thiophene rings is 1. The van der Waals surface area contributed by atoms with Gasteiger partial charge in [0.2, 0.25) is 0 Å². The van der Waals surface area contributed by atoms with E-state index in [0.717, 1.165) is 11.3 Å². The molecule has 0 saturated heterocycles. The molecule has 0 spiro atoms. The highest BCUT2D eigenvalue weighted by molar-refractivity contribution is 7.80. The van der Waals surface area contributed by atoms with Crippen molar-refractivity contribution in [2.45, 2.75) is 20.8 Å². The highest BCUT2D eigenvalue weighted by Gasteiger charge is 2.26. The topological polar surface area (TPSA) is 103 Å². The van der Waals surface area contributed by atoms with Gasteiger partial charge in [-0.05, 0) is 56.8 Å². The molecule has 1 heterocycles. The number of carbonyl (C=O) groups is 3. The van der Waals surface area contributed by atoms with Crippen LogP contribution in [0.1, 0.15) is 49.8 Å². The minimum absolute atomic E-state index is 0.166. The Bertz CT molecular complexity index is 970. The molecule has 2 rings (SSSR count). The summed E-state index contributed by atoms with van der Waals surface area (Å²) in [5.41, 5.74) is 1.58. The first-order valence-electron chi connectivity index (χ1n) is 9.06. The van der Waals surface area contributed by atoms with Gasteiger partial charge in [0.25, 0.3) is 0 Å². The minimum atomic E-state index is -0.570. The second-order valence-corrected chi connectivity index (χ2v) is 7.28. The van der Waals surface area contributed by atoms with Gasteiger partial charge >= 0.3 is 17.9 Å². The molecular weight excluding hydrogens is 428 g/mol. The lowest BCUT2D eigenvalue weighted by Gasteiger charge is -2.11. The van der Waals surface area contributed by atoms with E-state index in [-0.39, 0.29) is 28.8 Å². The van der Waals surface area contributed by atoms with Gasteiger partial charge in [-0.15, -0.1) is 11.3 Å². The predicted octanol–water partition coefficient (Wildman–Crippen LogP) is 4.01. The maximum Gasteiger partial charge on any atom is 0.348 e. The largest absolute Gasteiger partial charge is 0.465 e. The molecule has 160 valence electrons. The van der Waals surface area contributed by atoms with Gasteiger partial charge in [0, 0.05) is 5.69 Å². The third kappa shape index (κ3) is 5.55. The van der Waals surface area contributed by atoms with Crippen LogP contribution in [-0.4, -0.2) is 43.3 Å². The molecule has 0 aliphatic heterocycles. The van der Waals surface area contributed by atoms with Gasteiger partial charge in [-0.2, -0.15) is 0 Å². The number of anilines is 2. The summed E-state index contributed by atoms with van der Waals surface area (Å²) in [6, 6.07) is 6.59. The lowest BCUT2D eigenvalue weighted by atomic mass is 10.1. The van der Waals surface area contributed by atoms with Crippen molar-refractivity contribution in [3.05, 3.63) is 45.8 Å². The Hall–Kier alpha value is -2.98. The molecule has 2 N–H and O–H groups in total. The van der Waals surface area contributed by atoms with E-state index in [4.69, 9.17) is 26.4 Å². The van der Waals surface area contributed by atoms with Crippen molar-refractivity contribution in [3.63, 3.8) is 0 Å². The molecule has 0 radical (unpaired) electrons. The number of methoxy groups -OCH3 is 1. The molecule has 2 aromatic rings. The normalized spacial score (nSPS) is 10.1. The monoisotopic (exact) mass is 450 g/mol. The van der Waals surface area contributed by atoms with Crippen LogP contribution in [0.5, 0.6) is 0 Å². The van der Waals surface area contributed by atoms with Gasteiger partial charge in [-0.3, -0.25) is 0 Å². The Balaban J connectivity index is 2.29. The van der Waals surface area contributed by atoms with Gasteiger partial charge in [-0.25, -0.2) is 14.4 Å². The van der Waals surface area contributed by atoms with Gasteiger partial charge in [0.05, 0.1) is 31.5 Å². The predicted molar refractivity (Wildman–Crippen MR) is 119 cm³/mol. The standard InChI is InChI=1S/C20H22N2O6S2/c1-5-27-18(24)14-11(3)15(19(25)28-6-2)30-16(14)22-20(29)21-13-9-7-8-12(10-13)17(23)26-4/h7-10H,5-6H2,1-4H3,(H2,21,22,29). The van der Waals surface area contributed by atoms with Crippen molar-refractivity contribution in [2.24, 2.45) is 0 Å². The molecule has 0 aliphatic carbocycles. The van der Waals surface area contributed by atoms with Crippen LogP contribution < -0.4 is 10.6 Å². The smallest absolute Gasteiger partial charge is 0.348 e. The second kappa shape index (κ2) is 10.7. The first-order valence-corrected chi connectivity index (χ1v) is 10.3. The zero-order chi connectivity index (χ0) is 22.3. The van der Waals surface area contributed by atoms with Crippen molar-refractivity contribution < 1.29 is 28.6 Å². The third-order valence-corrected chi connectivity index (χ3v) is 5.25. The Morgan fingerprint density at radius 1 is 1.03 bits per heavy atom. The van der Waals surface area contributed by atoms with Crippen molar-refractivity contribution in [2.75, 3.05) is 31.0 Å². The summed E-state index contributed by atoms with van der Waals surface area (Å²) in [6.45, 7) is 5.44. The zero-order valence-electron chi connectivity index (χ0n) is 17.0. The number of carbonyl (C=O) groups excluding carboxylic acids is 3. The summed E-state index contributed by atoms with van der Waals surface area (Å²) < 4.78 is 14.9. The van der Waals surface area contributed by atoms with Crippen LogP contribution in [0.4, 0.5) is 10.7 Å². The van der Waals surface area contributed by atoms with E-state index in [0.29, 0.717) is 21.8 Å². The van der Waals surface area contributed by atoms with Gasteiger partial charge in [0.1, 0.15) is 9.88 Å². The molecule has 0 aliphatic rings. The van der Waals surface area contributed by atoms with Crippen LogP contribution in [0.3, 0.4) is 0 Å². The number of hydrogen-bond acceptors (Lipinski definition) is 8. The van der Waals surface area contributed by atoms with Crippen LogP contribution in [0, 0.1) is 6.92 Å². The van der Waals surface area contributed by atoms with Gasteiger partial charge in [-0.1, -0.05) is 6.07 Å². The SMILES string of the molecule is CCOC(=O)c1sc(NC(=S)Nc2cccc(C(=O)OC)c2)c(C(=O)OCC)c1C. The Labute approximate surface area is 183 Å². The molecule has 1 aromatic carbocycles. The van der Waals surface area contributed by atoms with E-state index in [1.54, 1.807) is 45.0 Å². The first kappa shape index (κ1) is 23.3. The highest BCUT2D eigenvalue weighted by Crippen LogP contribution is 2.34. The van der Waals surface area contributed by atoms with E-state index in [9.17, 15) is 14.4 Å². The Kier molecular flexibility index (Phi) is 8.31. The fourth-order valence-corrected chi connectivity index (χ4v) is 3.93. The fraction of sp³-hybridized carbons (Fsp3) is 0.300. The zero-order valence-corrected chi connectivity index (χ0v) is 18.6. The number of esters is 3. The summed E-state index contributed by atoms with van der Waals surface area (Å²) >= 11 is 6.39. The van der Waals surface area contributed by atoms with Crippen LogP contribution in [0.2, 0.25) is 0 Å². The molecule has 0 atom stereocenters. The molecule has 1 aromatic heterocycles. The summed E-state index contributed by atoms with van der Waals surface area (Å²) in [4.78, 5) is 36.7. The maximum absolute atomic E-state index is 12.4. The number of nitrogens with one attached hydrogen (secondary N) is 2. The second-order valence-electron chi connectivity index (χ2n) is 5.85. The molecule has 0 fully saturated rings. The quantitative estimate of drug-likeness (QED) is 0.368. The number of rotatable bonds is 7. The number of hydrogen-bond donors (Lipinski definition) is 2. The van der Waals surface area contributed by atoms with E-state index in [1.165, 1.54) is 7.11 Å². The minimum Gasteiger partial charge on any atom is -0.465 e. The van der Waals surface area contributed by atoms with Crippen molar-refractivity contribution in [1.29, 1.82) is 0 Å². The Morgan fingerprint density at radius 2 is 1.70 bits per heavy atom. The molecule has 0 amide bonds. The number of benzene rings is 1. The summed E-state index contributed by atoms with van der Waals surface area (Å²) in [7, 11) is 1.30. The van der Waals surface area contributed by atoms with Crippen LogP contribution >= 0.6 is 23.6 Å². The van der Waals surface area contributed by atoms with Crippen molar-refractivity contribution >= 4 is 57.3 Å². The summed E-state index contributed by atoms with van der Waals surface area (Å²) in [5.74, 6) is -1.57. The first-order chi connectivity index (χ1) is 14.3. The molecular formula is C20H22N2O6S2. The third-order valence-electron chi connectivity index (χ3n) is 3.86. The average Bonchev–Trinajstić information content (AvgIpc) is 3.03. The number of ether oxygens (including phenoxy) is 3. The van der Waals surface area contributed by atoms with E-state index in [1.807, 2.05) is 0 Å². The van der Waals surface area contributed by atoms with E-state index >= 15 is 0 Å².